The summed E-state index contributed by atoms with van der Waals surface area (Å²) in [6, 6.07) is 13.2. The molecule has 0 saturated carbocycles. The second kappa shape index (κ2) is 9.47. The topological polar surface area (TPSA) is 103 Å². The molecule has 0 saturated heterocycles. The number of ether oxygens (including phenoxy) is 3. The molecule has 2 aromatic carbocycles. The van der Waals surface area contributed by atoms with Crippen LogP contribution in [0.4, 0.5) is 5.69 Å². The molecule has 9 heteroatoms. The molecule has 8 nitrogen and oxygen atoms in total. The second-order valence-electron chi connectivity index (χ2n) is 7.12. The number of anilines is 1. The minimum atomic E-state index is -2.19. The van der Waals surface area contributed by atoms with Crippen molar-refractivity contribution in [1.29, 1.82) is 0 Å². The quantitative estimate of drug-likeness (QED) is 0.388. The summed E-state index contributed by atoms with van der Waals surface area (Å²) < 4.78 is 39.3. The molecule has 0 aliphatic rings. The highest BCUT2D eigenvalue weighted by Gasteiger charge is 2.15. The van der Waals surface area contributed by atoms with Crippen LogP contribution in [0.5, 0.6) is 11.5 Å². The highest BCUT2D eigenvalue weighted by Crippen LogP contribution is 2.35. The van der Waals surface area contributed by atoms with Gasteiger partial charge in [-0.15, -0.1) is 0 Å². The number of fused-ring (bicyclic) bond motifs is 2. The average molecular weight is 454 g/mol. The summed E-state index contributed by atoms with van der Waals surface area (Å²) in [6.45, 7) is 0.369. The first kappa shape index (κ1) is 21.9. The third-order valence-electron chi connectivity index (χ3n) is 5.18. The van der Waals surface area contributed by atoms with Gasteiger partial charge in [-0.3, -0.25) is 19.2 Å². The summed E-state index contributed by atoms with van der Waals surface area (Å²) in [5.41, 5.74) is 3.68. The Morgan fingerprint density at radius 3 is 2.47 bits per heavy atom. The lowest BCUT2D eigenvalue weighted by molar-refractivity contribution is 0.182. The minimum absolute atomic E-state index is 0.369. The van der Waals surface area contributed by atoms with E-state index in [0.717, 1.165) is 33.1 Å². The van der Waals surface area contributed by atoms with E-state index in [4.69, 9.17) is 19.2 Å². The second-order valence-corrected chi connectivity index (χ2v) is 7.83. The number of hydrogen-bond donors (Lipinski definition) is 2. The SMILES string of the molecule is COCc1ncc(Cc2ccc3cccc(NS(=O)O)c3n2)c2cc(OC)c(OC)cc12. The van der Waals surface area contributed by atoms with Crippen LogP contribution in [-0.2, 0) is 29.0 Å². The summed E-state index contributed by atoms with van der Waals surface area (Å²) in [7, 11) is 4.83. The minimum Gasteiger partial charge on any atom is -0.493 e. The molecule has 2 heterocycles. The third-order valence-corrected chi connectivity index (χ3v) is 5.58. The van der Waals surface area contributed by atoms with Crippen molar-refractivity contribution in [2.75, 3.05) is 26.1 Å². The van der Waals surface area contributed by atoms with Crippen molar-refractivity contribution in [3.8, 4) is 11.5 Å². The summed E-state index contributed by atoms with van der Waals surface area (Å²) >= 11 is -2.19. The predicted molar refractivity (Wildman–Crippen MR) is 125 cm³/mol. The highest BCUT2D eigenvalue weighted by molar-refractivity contribution is 7.80. The average Bonchev–Trinajstić information content (AvgIpc) is 2.80. The van der Waals surface area contributed by atoms with Crippen LogP contribution >= 0.6 is 0 Å². The summed E-state index contributed by atoms with van der Waals surface area (Å²) in [5, 5.41) is 2.75. The van der Waals surface area contributed by atoms with Crippen LogP contribution in [0.25, 0.3) is 21.7 Å². The molecule has 32 heavy (non-hydrogen) atoms. The lowest BCUT2D eigenvalue weighted by Crippen LogP contribution is -2.04. The molecule has 0 fully saturated rings. The van der Waals surface area contributed by atoms with Crippen molar-refractivity contribution in [1.82, 2.24) is 9.97 Å². The molecule has 4 rings (SSSR count). The van der Waals surface area contributed by atoms with E-state index in [1.165, 1.54) is 0 Å². The fraction of sp³-hybridized carbons (Fsp3) is 0.217. The number of pyridine rings is 2. The Balaban J connectivity index is 1.82. The number of hydrogen-bond acceptors (Lipinski definition) is 6. The van der Waals surface area contributed by atoms with E-state index in [9.17, 15) is 8.76 Å². The van der Waals surface area contributed by atoms with Crippen molar-refractivity contribution < 1.29 is 23.0 Å². The highest BCUT2D eigenvalue weighted by atomic mass is 32.2. The first-order chi connectivity index (χ1) is 15.5. The molecule has 0 aliphatic heterocycles. The van der Waals surface area contributed by atoms with Crippen LogP contribution in [0.1, 0.15) is 17.0 Å². The maximum Gasteiger partial charge on any atom is 0.259 e. The van der Waals surface area contributed by atoms with Crippen molar-refractivity contribution in [3.63, 3.8) is 0 Å². The van der Waals surface area contributed by atoms with Gasteiger partial charge in [-0.05, 0) is 35.2 Å². The van der Waals surface area contributed by atoms with Crippen molar-refractivity contribution in [3.05, 3.63) is 65.6 Å². The maximum absolute atomic E-state index is 11.3. The number of para-hydroxylation sites is 1. The van der Waals surface area contributed by atoms with Gasteiger partial charge in [0.15, 0.2) is 11.5 Å². The Hall–Kier alpha value is -3.27. The van der Waals surface area contributed by atoms with Gasteiger partial charge in [0, 0.05) is 36.2 Å². The van der Waals surface area contributed by atoms with Gasteiger partial charge >= 0.3 is 0 Å². The molecule has 0 spiro atoms. The summed E-state index contributed by atoms with van der Waals surface area (Å²) in [5.74, 6) is 1.24. The number of nitrogens with zero attached hydrogens (tertiary/aromatic N) is 2. The van der Waals surface area contributed by atoms with Crippen LogP contribution in [0, 0.1) is 0 Å². The van der Waals surface area contributed by atoms with E-state index in [1.807, 2.05) is 42.6 Å². The van der Waals surface area contributed by atoms with Gasteiger partial charge in [-0.25, -0.2) is 4.21 Å². The molecule has 1 unspecified atom stereocenters. The van der Waals surface area contributed by atoms with Crippen LogP contribution in [0.3, 0.4) is 0 Å². The van der Waals surface area contributed by atoms with Gasteiger partial charge in [0.25, 0.3) is 11.3 Å². The summed E-state index contributed by atoms with van der Waals surface area (Å²) in [6.07, 6.45) is 2.33. The molecule has 2 N–H and O–H groups in total. The molecular formula is C23H23N3O5S. The number of methoxy groups -OCH3 is 3. The van der Waals surface area contributed by atoms with Gasteiger partial charge in [-0.2, -0.15) is 0 Å². The number of rotatable bonds is 8. The van der Waals surface area contributed by atoms with Crippen molar-refractivity contribution in [2.24, 2.45) is 0 Å². The molecule has 166 valence electrons. The molecule has 0 amide bonds. The van der Waals surface area contributed by atoms with E-state index < -0.39 is 11.3 Å². The zero-order valence-corrected chi connectivity index (χ0v) is 18.7. The Morgan fingerprint density at radius 1 is 1.03 bits per heavy atom. The molecule has 0 radical (unpaired) electrons. The first-order valence-corrected chi connectivity index (χ1v) is 10.9. The van der Waals surface area contributed by atoms with Crippen molar-refractivity contribution in [2.45, 2.75) is 13.0 Å². The Morgan fingerprint density at radius 2 is 1.78 bits per heavy atom. The van der Waals surface area contributed by atoms with Crippen LogP contribution < -0.4 is 14.2 Å². The lowest BCUT2D eigenvalue weighted by Gasteiger charge is -2.15. The van der Waals surface area contributed by atoms with Gasteiger partial charge in [0.2, 0.25) is 0 Å². The summed E-state index contributed by atoms with van der Waals surface area (Å²) in [4.78, 5) is 9.36. The Kier molecular flexibility index (Phi) is 6.50. The Labute approximate surface area is 188 Å². The molecule has 2 aromatic heterocycles. The smallest absolute Gasteiger partial charge is 0.259 e. The predicted octanol–water partition coefficient (Wildman–Crippen LogP) is 4.09. The fourth-order valence-electron chi connectivity index (χ4n) is 3.73. The van der Waals surface area contributed by atoms with E-state index in [1.54, 1.807) is 27.4 Å². The van der Waals surface area contributed by atoms with Crippen LogP contribution in [-0.4, -0.2) is 40.1 Å². The normalized spacial score (nSPS) is 12.1. The number of nitrogens with one attached hydrogen (secondary N) is 1. The number of benzene rings is 2. The first-order valence-electron chi connectivity index (χ1n) is 9.81. The van der Waals surface area contributed by atoms with Gasteiger partial charge < -0.3 is 14.2 Å². The molecular weight excluding hydrogens is 430 g/mol. The molecule has 0 bridgehead atoms. The number of aromatic nitrogens is 2. The van der Waals surface area contributed by atoms with Gasteiger partial charge in [0.05, 0.1) is 37.7 Å². The van der Waals surface area contributed by atoms with Crippen LogP contribution in [0.2, 0.25) is 0 Å². The van der Waals surface area contributed by atoms with Crippen LogP contribution in [0.15, 0.2) is 48.7 Å². The zero-order chi connectivity index (χ0) is 22.7. The molecule has 1 atom stereocenters. The molecule has 0 aliphatic carbocycles. The van der Waals surface area contributed by atoms with Gasteiger partial charge in [-0.1, -0.05) is 18.2 Å². The van der Waals surface area contributed by atoms with Crippen molar-refractivity contribution >= 4 is 38.6 Å². The maximum atomic E-state index is 11.3. The zero-order valence-electron chi connectivity index (χ0n) is 17.9. The molecule has 4 aromatic rings. The van der Waals surface area contributed by atoms with E-state index >= 15 is 0 Å². The standard InChI is InChI=1S/C23H23N3O5S/c1-29-13-20-18-11-22(31-3)21(30-2)10-17(18)15(12-24-20)9-16-8-7-14-5-4-6-19(23(14)25-16)26-32(27)28/h4-8,10-12,26H,9,13H2,1-3H3,(H,27,28). The van der Waals surface area contributed by atoms with E-state index in [2.05, 4.69) is 9.71 Å². The fourth-order valence-corrected chi connectivity index (χ4v) is 4.08. The largest absolute Gasteiger partial charge is 0.493 e. The monoisotopic (exact) mass is 453 g/mol. The van der Waals surface area contributed by atoms with E-state index in [0.29, 0.717) is 35.7 Å². The Bertz CT molecular complexity index is 1310. The van der Waals surface area contributed by atoms with Gasteiger partial charge in [0.1, 0.15) is 0 Å². The van der Waals surface area contributed by atoms with E-state index in [-0.39, 0.29) is 0 Å². The lowest BCUT2D eigenvalue weighted by atomic mass is 10.00. The third kappa shape index (κ3) is 4.36.